The van der Waals surface area contributed by atoms with Gasteiger partial charge in [0.25, 0.3) is 0 Å². The fourth-order valence-electron chi connectivity index (χ4n) is 3.00. The van der Waals surface area contributed by atoms with Crippen LogP contribution in [0.1, 0.15) is 38.2 Å². The van der Waals surface area contributed by atoms with Crippen molar-refractivity contribution in [2.24, 2.45) is 5.92 Å². The van der Waals surface area contributed by atoms with E-state index in [2.05, 4.69) is 22.5 Å². The van der Waals surface area contributed by atoms with E-state index < -0.39 is 0 Å². The average molecular weight is 321 g/mol. The second kappa shape index (κ2) is 9.50. The number of rotatable bonds is 7. The summed E-state index contributed by atoms with van der Waals surface area (Å²) in [6.45, 7) is 6.99. The second-order valence-corrected chi connectivity index (χ2v) is 6.49. The highest BCUT2D eigenvalue weighted by molar-refractivity contribution is 5.73. The number of halogens is 1. The van der Waals surface area contributed by atoms with Crippen molar-refractivity contribution in [1.29, 1.82) is 0 Å². The molecule has 0 radical (unpaired) electrons. The predicted octanol–water partition coefficient (Wildman–Crippen LogP) is 3.14. The number of nitrogens with one attached hydrogen (secondary N) is 2. The van der Waals surface area contributed by atoms with Crippen LogP contribution in [0.25, 0.3) is 0 Å². The van der Waals surface area contributed by atoms with Crippen molar-refractivity contribution in [3.05, 3.63) is 35.6 Å². The maximum absolute atomic E-state index is 12.8. The normalized spacial score (nSPS) is 18.6. The van der Waals surface area contributed by atoms with Gasteiger partial charge >= 0.3 is 6.03 Å². The lowest BCUT2D eigenvalue weighted by Crippen LogP contribution is -2.37. The Morgan fingerprint density at radius 3 is 2.78 bits per heavy atom. The molecule has 0 saturated carbocycles. The lowest BCUT2D eigenvalue weighted by atomic mass is 10.0. The molecule has 2 rings (SSSR count). The van der Waals surface area contributed by atoms with E-state index in [0.29, 0.717) is 13.1 Å². The summed E-state index contributed by atoms with van der Waals surface area (Å²) in [6.07, 6.45) is 4.78. The standard InChI is InChI=1S/C18H28FN3O/c1-15-5-4-12-22(14-15)11-3-2-10-20-18(23)21-13-16-6-8-17(19)9-7-16/h6-9,15H,2-5,10-14H2,1H3,(H2,20,21,23)/t15-/m0/s1. The van der Waals surface area contributed by atoms with Gasteiger partial charge in [-0.3, -0.25) is 0 Å². The third kappa shape index (κ3) is 6.99. The van der Waals surface area contributed by atoms with Crippen LogP contribution in [0.3, 0.4) is 0 Å². The summed E-state index contributed by atoms with van der Waals surface area (Å²) in [5.74, 6) is 0.556. The first-order valence-corrected chi connectivity index (χ1v) is 8.62. The summed E-state index contributed by atoms with van der Waals surface area (Å²) in [7, 11) is 0. The Hall–Kier alpha value is -1.62. The molecule has 0 spiro atoms. The lowest BCUT2D eigenvalue weighted by Gasteiger charge is -2.30. The third-order valence-electron chi connectivity index (χ3n) is 4.29. The number of likely N-dealkylation sites (tertiary alicyclic amines) is 1. The third-order valence-corrected chi connectivity index (χ3v) is 4.29. The number of hydrogen-bond donors (Lipinski definition) is 2. The van der Waals surface area contributed by atoms with E-state index in [1.165, 1.54) is 38.1 Å². The first-order chi connectivity index (χ1) is 11.1. The summed E-state index contributed by atoms with van der Waals surface area (Å²) in [6, 6.07) is 5.98. The van der Waals surface area contributed by atoms with Crippen molar-refractivity contribution in [1.82, 2.24) is 15.5 Å². The zero-order chi connectivity index (χ0) is 16.5. The quantitative estimate of drug-likeness (QED) is 0.758. The average Bonchev–Trinajstić information content (AvgIpc) is 2.54. The van der Waals surface area contributed by atoms with Crippen molar-refractivity contribution >= 4 is 6.03 Å². The first-order valence-electron chi connectivity index (χ1n) is 8.62. The van der Waals surface area contributed by atoms with Crippen LogP contribution in [0.5, 0.6) is 0 Å². The van der Waals surface area contributed by atoms with Crippen molar-refractivity contribution < 1.29 is 9.18 Å². The van der Waals surface area contributed by atoms with Gasteiger partial charge in [0, 0.05) is 19.6 Å². The number of carbonyl (C=O) groups is 1. The van der Waals surface area contributed by atoms with Gasteiger partial charge in [-0.25, -0.2) is 9.18 Å². The minimum absolute atomic E-state index is 0.166. The molecule has 1 heterocycles. The molecule has 0 aliphatic carbocycles. The number of piperidine rings is 1. The summed E-state index contributed by atoms with van der Waals surface area (Å²) in [4.78, 5) is 14.2. The Morgan fingerprint density at radius 1 is 1.26 bits per heavy atom. The molecule has 2 amide bonds. The Bertz CT molecular complexity index is 478. The van der Waals surface area contributed by atoms with Crippen molar-refractivity contribution in [3.8, 4) is 0 Å². The highest BCUT2D eigenvalue weighted by atomic mass is 19.1. The summed E-state index contributed by atoms with van der Waals surface area (Å²) < 4.78 is 12.8. The second-order valence-electron chi connectivity index (χ2n) is 6.49. The van der Waals surface area contributed by atoms with Crippen LogP contribution >= 0.6 is 0 Å². The first kappa shape index (κ1) is 17.7. The van der Waals surface area contributed by atoms with Gasteiger partial charge in [-0.2, -0.15) is 0 Å². The molecular formula is C18H28FN3O. The molecule has 1 saturated heterocycles. The number of benzene rings is 1. The van der Waals surface area contributed by atoms with Gasteiger partial charge < -0.3 is 15.5 Å². The van der Waals surface area contributed by atoms with Crippen LogP contribution in [-0.4, -0.2) is 37.1 Å². The number of amides is 2. The predicted molar refractivity (Wildman–Crippen MR) is 90.7 cm³/mol. The van der Waals surface area contributed by atoms with E-state index >= 15 is 0 Å². The highest BCUT2D eigenvalue weighted by Crippen LogP contribution is 2.15. The van der Waals surface area contributed by atoms with Crippen LogP contribution in [-0.2, 0) is 6.54 Å². The smallest absolute Gasteiger partial charge is 0.315 e. The fourth-order valence-corrected chi connectivity index (χ4v) is 3.00. The number of hydrogen-bond acceptors (Lipinski definition) is 2. The minimum Gasteiger partial charge on any atom is -0.338 e. The van der Waals surface area contributed by atoms with E-state index in [0.717, 1.165) is 30.9 Å². The maximum Gasteiger partial charge on any atom is 0.315 e. The molecule has 5 heteroatoms. The van der Waals surface area contributed by atoms with Gasteiger partial charge in [0.1, 0.15) is 5.82 Å². The van der Waals surface area contributed by atoms with E-state index in [1.807, 2.05) is 0 Å². The van der Waals surface area contributed by atoms with Crippen LogP contribution in [0.2, 0.25) is 0 Å². The number of carbonyl (C=O) groups excluding carboxylic acids is 1. The number of unbranched alkanes of at least 4 members (excludes halogenated alkanes) is 1. The van der Waals surface area contributed by atoms with Gasteiger partial charge in [-0.15, -0.1) is 0 Å². The SMILES string of the molecule is C[C@H]1CCCN(CCCCNC(=O)NCc2ccc(F)cc2)C1. The Kier molecular flexibility index (Phi) is 7.33. The molecule has 0 aromatic heterocycles. The molecule has 0 unspecified atom stereocenters. The van der Waals surface area contributed by atoms with Crippen LogP contribution < -0.4 is 10.6 Å². The van der Waals surface area contributed by atoms with E-state index in [-0.39, 0.29) is 11.8 Å². The monoisotopic (exact) mass is 321 g/mol. The topological polar surface area (TPSA) is 44.4 Å². The van der Waals surface area contributed by atoms with Crippen LogP contribution in [0.4, 0.5) is 9.18 Å². The number of nitrogens with zero attached hydrogens (tertiary/aromatic N) is 1. The van der Waals surface area contributed by atoms with Gasteiger partial charge in [0.15, 0.2) is 0 Å². The van der Waals surface area contributed by atoms with Crippen molar-refractivity contribution in [2.45, 2.75) is 39.2 Å². The molecule has 1 aliphatic rings. The Morgan fingerprint density at radius 2 is 2.04 bits per heavy atom. The fraction of sp³-hybridized carbons (Fsp3) is 0.611. The highest BCUT2D eigenvalue weighted by Gasteiger charge is 2.15. The summed E-state index contributed by atoms with van der Waals surface area (Å²) in [5, 5.41) is 5.65. The molecule has 23 heavy (non-hydrogen) atoms. The Balaban J connectivity index is 1.50. The maximum atomic E-state index is 12.8. The zero-order valence-corrected chi connectivity index (χ0v) is 14.0. The van der Waals surface area contributed by atoms with E-state index in [4.69, 9.17) is 0 Å². The molecular weight excluding hydrogens is 293 g/mol. The molecule has 1 aromatic carbocycles. The van der Waals surface area contributed by atoms with Gasteiger partial charge in [0.2, 0.25) is 0 Å². The molecule has 1 aliphatic heterocycles. The molecule has 4 nitrogen and oxygen atoms in total. The number of urea groups is 1. The van der Waals surface area contributed by atoms with Crippen LogP contribution in [0.15, 0.2) is 24.3 Å². The molecule has 2 N–H and O–H groups in total. The van der Waals surface area contributed by atoms with Gasteiger partial charge in [-0.1, -0.05) is 19.1 Å². The molecule has 1 aromatic rings. The molecule has 1 fully saturated rings. The van der Waals surface area contributed by atoms with E-state index in [1.54, 1.807) is 12.1 Å². The molecule has 0 bridgehead atoms. The zero-order valence-electron chi connectivity index (χ0n) is 14.0. The molecule has 128 valence electrons. The molecule has 1 atom stereocenters. The Labute approximate surface area is 138 Å². The van der Waals surface area contributed by atoms with Gasteiger partial charge in [-0.05, 0) is 62.4 Å². The van der Waals surface area contributed by atoms with Gasteiger partial charge in [0.05, 0.1) is 0 Å². The van der Waals surface area contributed by atoms with Crippen molar-refractivity contribution in [3.63, 3.8) is 0 Å². The van der Waals surface area contributed by atoms with E-state index in [9.17, 15) is 9.18 Å². The van der Waals surface area contributed by atoms with Crippen LogP contribution in [0, 0.1) is 11.7 Å². The minimum atomic E-state index is -0.263. The largest absolute Gasteiger partial charge is 0.338 e. The van der Waals surface area contributed by atoms with Crippen molar-refractivity contribution in [2.75, 3.05) is 26.2 Å². The lowest BCUT2D eigenvalue weighted by molar-refractivity contribution is 0.181. The summed E-state index contributed by atoms with van der Waals surface area (Å²) in [5.41, 5.74) is 0.890. The summed E-state index contributed by atoms with van der Waals surface area (Å²) >= 11 is 0.